The lowest BCUT2D eigenvalue weighted by molar-refractivity contribution is 0.0999. The van der Waals surface area contributed by atoms with Crippen molar-refractivity contribution in [3.05, 3.63) is 34.4 Å². The van der Waals surface area contributed by atoms with Gasteiger partial charge in [0.25, 0.3) is 0 Å². The molecule has 0 aliphatic rings. The normalized spacial score (nSPS) is 9.07. The van der Waals surface area contributed by atoms with Gasteiger partial charge in [-0.05, 0) is 38.0 Å². The molecule has 1 amide bonds. The maximum Gasteiger partial charge on any atom is 0.249 e. The number of rotatable bonds is 1. The van der Waals surface area contributed by atoms with Gasteiger partial charge in [0.05, 0.1) is 0 Å². The van der Waals surface area contributed by atoms with Gasteiger partial charge >= 0.3 is 0 Å². The Labute approximate surface area is 84.1 Å². The number of carbonyl (C=O) groups is 1. The summed E-state index contributed by atoms with van der Waals surface area (Å²) in [6.45, 7) is 5.61. The van der Waals surface area contributed by atoms with Crippen LogP contribution in [0.25, 0.3) is 0 Å². The van der Waals surface area contributed by atoms with E-state index < -0.39 is 5.91 Å². The van der Waals surface area contributed by atoms with Gasteiger partial charge < -0.3 is 5.73 Å². The smallest absolute Gasteiger partial charge is 0.249 e. The summed E-state index contributed by atoms with van der Waals surface area (Å²) in [6.07, 6.45) is 0. The molecule has 2 nitrogen and oxygen atoms in total. The molecule has 0 atom stereocenters. The van der Waals surface area contributed by atoms with Crippen LogP contribution in [0.3, 0.4) is 0 Å². The van der Waals surface area contributed by atoms with E-state index in [9.17, 15) is 4.79 Å². The number of primary amides is 1. The first-order chi connectivity index (χ1) is 6.57. The number of amides is 1. The molecule has 0 aromatic heterocycles. The zero-order valence-corrected chi connectivity index (χ0v) is 8.64. The lowest BCUT2D eigenvalue weighted by atomic mass is 9.98. The summed E-state index contributed by atoms with van der Waals surface area (Å²) in [5, 5.41) is 0. The highest BCUT2D eigenvalue weighted by atomic mass is 16.1. The summed E-state index contributed by atoms with van der Waals surface area (Å²) >= 11 is 0. The average Bonchev–Trinajstić information content (AvgIpc) is 2.11. The molecule has 0 aliphatic heterocycles. The van der Waals surface area contributed by atoms with E-state index in [4.69, 9.17) is 5.73 Å². The largest absolute Gasteiger partial charge is 0.366 e. The maximum absolute atomic E-state index is 11.1. The van der Waals surface area contributed by atoms with E-state index >= 15 is 0 Å². The lowest BCUT2D eigenvalue weighted by Crippen LogP contribution is -2.13. The third kappa shape index (κ3) is 1.77. The third-order valence-electron chi connectivity index (χ3n) is 2.19. The molecule has 1 rings (SSSR count). The van der Waals surface area contributed by atoms with E-state index in [2.05, 4.69) is 11.8 Å². The van der Waals surface area contributed by atoms with Crippen molar-refractivity contribution >= 4 is 5.91 Å². The fourth-order valence-corrected chi connectivity index (χ4v) is 1.43. The standard InChI is InChI=1S/C12H13NO/c1-4-5-10-8(2)6-7-11(9(10)3)12(13)14/h6-7H,1-3H3,(H2,13,14). The predicted molar refractivity (Wildman–Crippen MR) is 57.0 cm³/mol. The van der Waals surface area contributed by atoms with Crippen molar-refractivity contribution < 1.29 is 4.79 Å². The molecule has 0 heterocycles. The van der Waals surface area contributed by atoms with Crippen LogP contribution in [0.15, 0.2) is 12.1 Å². The Hall–Kier alpha value is -1.75. The Bertz CT molecular complexity index is 436. The van der Waals surface area contributed by atoms with Crippen LogP contribution in [0.1, 0.15) is 34.0 Å². The Morgan fingerprint density at radius 3 is 2.50 bits per heavy atom. The molecular weight excluding hydrogens is 174 g/mol. The van der Waals surface area contributed by atoms with Gasteiger partial charge in [-0.1, -0.05) is 12.0 Å². The van der Waals surface area contributed by atoms with Gasteiger partial charge in [-0.25, -0.2) is 0 Å². The average molecular weight is 187 g/mol. The van der Waals surface area contributed by atoms with Crippen LogP contribution in [0.5, 0.6) is 0 Å². The minimum Gasteiger partial charge on any atom is -0.366 e. The van der Waals surface area contributed by atoms with Gasteiger partial charge in [0, 0.05) is 11.1 Å². The summed E-state index contributed by atoms with van der Waals surface area (Å²) in [7, 11) is 0. The second-order valence-electron chi connectivity index (χ2n) is 3.17. The molecule has 0 unspecified atom stereocenters. The summed E-state index contributed by atoms with van der Waals surface area (Å²) in [5.41, 5.74) is 8.64. The molecule has 0 bridgehead atoms. The number of carbonyl (C=O) groups excluding carboxylic acids is 1. The zero-order valence-electron chi connectivity index (χ0n) is 8.64. The van der Waals surface area contributed by atoms with Gasteiger partial charge in [-0.15, -0.1) is 5.92 Å². The molecule has 1 aromatic rings. The monoisotopic (exact) mass is 187 g/mol. The van der Waals surface area contributed by atoms with Gasteiger partial charge in [-0.2, -0.15) is 0 Å². The minimum atomic E-state index is -0.401. The van der Waals surface area contributed by atoms with Crippen molar-refractivity contribution in [3.63, 3.8) is 0 Å². The molecule has 1 aromatic carbocycles. The molecule has 14 heavy (non-hydrogen) atoms. The molecule has 72 valence electrons. The van der Waals surface area contributed by atoms with Crippen LogP contribution in [-0.4, -0.2) is 5.91 Å². The third-order valence-corrected chi connectivity index (χ3v) is 2.19. The van der Waals surface area contributed by atoms with Crippen LogP contribution in [0, 0.1) is 25.7 Å². The van der Waals surface area contributed by atoms with Gasteiger partial charge in [0.1, 0.15) is 0 Å². The van der Waals surface area contributed by atoms with Gasteiger partial charge in [0.2, 0.25) is 5.91 Å². The quantitative estimate of drug-likeness (QED) is 0.669. The van der Waals surface area contributed by atoms with Crippen LogP contribution >= 0.6 is 0 Å². The van der Waals surface area contributed by atoms with Crippen molar-refractivity contribution in [1.82, 2.24) is 0 Å². The van der Waals surface area contributed by atoms with Crippen LogP contribution in [-0.2, 0) is 0 Å². The first-order valence-electron chi connectivity index (χ1n) is 4.40. The molecule has 0 fully saturated rings. The number of hydrogen-bond acceptors (Lipinski definition) is 1. The van der Waals surface area contributed by atoms with Crippen molar-refractivity contribution in [1.29, 1.82) is 0 Å². The highest BCUT2D eigenvalue weighted by Crippen LogP contribution is 2.16. The first kappa shape index (κ1) is 10.3. The highest BCUT2D eigenvalue weighted by molar-refractivity contribution is 5.95. The summed E-state index contributed by atoms with van der Waals surface area (Å²) < 4.78 is 0. The fraction of sp³-hybridized carbons (Fsp3) is 0.250. The SMILES string of the molecule is CC#Cc1c(C)ccc(C(N)=O)c1C. The first-order valence-corrected chi connectivity index (χ1v) is 4.40. The Morgan fingerprint density at radius 1 is 1.36 bits per heavy atom. The molecule has 0 saturated heterocycles. The number of benzene rings is 1. The van der Waals surface area contributed by atoms with Crippen molar-refractivity contribution in [2.45, 2.75) is 20.8 Å². The summed E-state index contributed by atoms with van der Waals surface area (Å²) in [6, 6.07) is 3.61. The maximum atomic E-state index is 11.1. The van der Waals surface area contributed by atoms with E-state index in [1.54, 1.807) is 13.0 Å². The van der Waals surface area contributed by atoms with Crippen molar-refractivity contribution in [2.75, 3.05) is 0 Å². The van der Waals surface area contributed by atoms with E-state index in [-0.39, 0.29) is 0 Å². The number of aryl methyl sites for hydroxylation is 1. The second-order valence-corrected chi connectivity index (χ2v) is 3.17. The van der Waals surface area contributed by atoms with E-state index in [0.717, 1.165) is 16.7 Å². The summed E-state index contributed by atoms with van der Waals surface area (Å²) in [4.78, 5) is 11.1. The molecule has 0 aliphatic carbocycles. The lowest BCUT2D eigenvalue weighted by Gasteiger charge is -2.06. The van der Waals surface area contributed by atoms with E-state index in [0.29, 0.717) is 5.56 Å². The summed E-state index contributed by atoms with van der Waals surface area (Å²) in [5.74, 6) is 5.41. The van der Waals surface area contributed by atoms with Crippen LogP contribution < -0.4 is 5.73 Å². The molecule has 2 N–H and O–H groups in total. The van der Waals surface area contributed by atoms with E-state index in [1.807, 2.05) is 19.9 Å². The second kappa shape index (κ2) is 3.97. The predicted octanol–water partition coefficient (Wildman–Crippen LogP) is 1.77. The molecule has 0 spiro atoms. The zero-order chi connectivity index (χ0) is 10.7. The van der Waals surface area contributed by atoms with Crippen molar-refractivity contribution in [2.24, 2.45) is 5.73 Å². The van der Waals surface area contributed by atoms with E-state index in [1.165, 1.54) is 0 Å². The number of nitrogens with two attached hydrogens (primary N) is 1. The topological polar surface area (TPSA) is 43.1 Å². The number of hydrogen-bond donors (Lipinski definition) is 1. The highest BCUT2D eigenvalue weighted by Gasteiger charge is 2.09. The molecule has 0 saturated carbocycles. The van der Waals surface area contributed by atoms with Gasteiger partial charge in [-0.3, -0.25) is 4.79 Å². The van der Waals surface area contributed by atoms with Gasteiger partial charge in [0.15, 0.2) is 0 Å². The van der Waals surface area contributed by atoms with Crippen LogP contribution in [0.4, 0.5) is 0 Å². The van der Waals surface area contributed by atoms with Crippen LogP contribution in [0.2, 0.25) is 0 Å². The minimum absolute atomic E-state index is 0.401. The molecular formula is C12H13NO. The fourth-order valence-electron chi connectivity index (χ4n) is 1.43. The molecule has 0 radical (unpaired) electrons. The van der Waals surface area contributed by atoms with Crippen molar-refractivity contribution in [3.8, 4) is 11.8 Å². The Morgan fingerprint density at radius 2 is 2.00 bits per heavy atom. The Balaban J connectivity index is 3.46. The molecule has 2 heteroatoms. The Kier molecular flexibility index (Phi) is 2.93.